The Hall–Kier alpha value is -0.370. The Kier molecular flexibility index (Phi) is 5.68. The summed E-state index contributed by atoms with van der Waals surface area (Å²) in [5.74, 6) is 2.88. The fourth-order valence-electron chi connectivity index (χ4n) is 3.68. The normalized spacial score (nSPS) is 27.8. The summed E-state index contributed by atoms with van der Waals surface area (Å²) < 4.78 is 0. The van der Waals surface area contributed by atoms with Gasteiger partial charge in [-0.15, -0.1) is 11.3 Å². The first-order chi connectivity index (χ1) is 8.85. The van der Waals surface area contributed by atoms with Crippen molar-refractivity contribution in [2.45, 2.75) is 65.2 Å². The van der Waals surface area contributed by atoms with E-state index in [1.165, 1.54) is 56.4 Å². The van der Waals surface area contributed by atoms with E-state index in [2.05, 4.69) is 24.2 Å². The zero-order valence-corrected chi connectivity index (χ0v) is 12.7. The molecule has 1 nitrogen and oxygen atoms in total. The molecule has 0 aromatic carbocycles. The molecule has 1 aromatic rings. The van der Waals surface area contributed by atoms with Crippen molar-refractivity contribution in [3.8, 4) is 0 Å². The minimum Gasteiger partial charge on any atom is -0.250 e. The highest BCUT2D eigenvalue weighted by molar-refractivity contribution is 7.09. The summed E-state index contributed by atoms with van der Waals surface area (Å²) in [4.78, 5) is 4.48. The Morgan fingerprint density at radius 2 is 2.06 bits per heavy atom. The van der Waals surface area contributed by atoms with E-state index in [0.717, 1.165) is 17.8 Å². The van der Waals surface area contributed by atoms with Gasteiger partial charge in [0.05, 0.1) is 5.01 Å². The topological polar surface area (TPSA) is 12.9 Å². The van der Waals surface area contributed by atoms with Crippen LogP contribution in [0.3, 0.4) is 0 Å². The van der Waals surface area contributed by atoms with Crippen molar-refractivity contribution in [3.05, 3.63) is 16.6 Å². The van der Waals surface area contributed by atoms with E-state index in [1.807, 2.05) is 17.5 Å². The first-order valence-electron chi connectivity index (χ1n) is 7.73. The highest BCUT2D eigenvalue weighted by atomic mass is 32.1. The Balaban J connectivity index is 1.90. The van der Waals surface area contributed by atoms with Crippen molar-refractivity contribution in [2.75, 3.05) is 0 Å². The van der Waals surface area contributed by atoms with Gasteiger partial charge in [0.1, 0.15) is 0 Å². The van der Waals surface area contributed by atoms with Crippen molar-refractivity contribution in [1.29, 1.82) is 0 Å². The van der Waals surface area contributed by atoms with Crippen LogP contribution in [0.4, 0.5) is 0 Å². The van der Waals surface area contributed by atoms with Gasteiger partial charge in [0.15, 0.2) is 0 Å². The summed E-state index contributed by atoms with van der Waals surface area (Å²) in [6, 6.07) is 0. The summed E-state index contributed by atoms with van der Waals surface area (Å²) in [5, 5.41) is 3.48. The Bertz CT molecular complexity index is 320. The molecule has 0 spiro atoms. The maximum Gasteiger partial charge on any atom is 0.0927 e. The Labute approximate surface area is 116 Å². The summed E-state index contributed by atoms with van der Waals surface area (Å²) >= 11 is 1.84. The second kappa shape index (κ2) is 7.28. The van der Waals surface area contributed by atoms with Gasteiger partial charge in [-0.25, -0.2) is 4.98 Å². The number of nitrogens with zero attached hydrogens (tertiary/aromatic N) is 1. The highest BCUT2D eigenvalue weighted by Gasteiger charge is 2.34. The molecule has 1 fully saturated rings. The molecule has 1 heterocycles. The van der Waals surface area contributed by atoms with Crippen LogP contribution in [0, 0.1) is 17.8 Å². The van der Waals surface area contributed by atoms with Gasteiger partial charge < -0.3 is 0 Å². The van der Waals surface area contributed by atoms with Gasteiger partial charge in [-0.2, -0.15) is 0 Å². The molecule has 18 heavy (non-hydrogen) atoms. The second-order valence-electron chi connectivity index (χ2n) is 5.80. The summed E-state index contributed by atoms with van der Waals surface area (Å²) in [6.07, 6.45) is 13.1. The van der Waals surface area contributed by atoms with Crippen LogP contribution >= 0.6 is 11.3 Å². The van der Waals surface area contributed by atoms with Crippen LogP contribution in [-0.2, 0) is 6.42 Å². The molecular formula is C16H27NS. The quantitative estimate of drug-likeness (QED) is 0.608. The van der Waals surface area contributed by atoms with Crippen molar-refractivity contribution in [2.24, 2.45) is 17.8 Å². The van der Waals surface area contributed by atoms with Gasteiger partial charge in [0.25, 0.3) is 0 Å². The van der Waals surface area contributed by atoms with Gasteiger partial charge in [-0.1, -0.05) is 39.5 Å². The van der Waals surface area contributed by atoms with Gasteiger partial charge in [0.2, 0.25) is 0 Å². The van der Waals surface area contributed by atoms with E-state index in [-0.39, 0.29) is 0 Å². The van der Waals surface area contributed by atoms with E-state index >= 15 is 0 Å². The molecule has 0 N–H and O–H groups in total. The SMILES string of the molecule is CCCCCC1C(CC)CCC1Cc1nccs1. The van der Waals surface area contributed by atoms with Crippen LogP contribution in [-0.4, -0.2) is 4.98 Å². The largest absolute Gasteiger partial charge is 0.250 e. The molecule has 0 radical (unpaired) electrons. The minimum absolute atomic E-state index is 0.915. The zero-order chi connectivity index (χ0) is 12.8. The molecule has 0 bridgehead atoms. The third kappa shape index (κ3) is 3.57. The third-order valence-electron chi connectivity index (χ3n) is 4.70. The van der Waals surface area contributed by atoms with Crippen molar-refractivity contribution >= 4 is 11.3 Å². The number of hydrogen-bond acceptors (Lipinski definition) is 2. The number of unbranched alkanes of at least 4 members (excludes halogenated alkanes) is 2. The lowest BCUT2D eigenvalue weighted by atomic mass is 9.82. The molecule has 3 unspecified atom stereocenters. The zero-order valence-electron chi connectivity index (χ0n) is 11.9. The van der Waals surface area contributed by atoms with Gasteiger partial charge in [-0.05, 0) is 37.0 Å². The predicted molar refractivity (Wildman–Crippen MR) is 80.0 cm³/mol. The molecule has 2 heteroatoms. The molecule has 1 aromatic heterocycles. The number of thiazole rings is 1. The molecule has 102 valence electrons. The lowest BCUT2D eigenvalue weighted by molar-refractivity contribution is 0.275. The van der Waals surface area contributed by atoms with Crippen LogP contribution in [0.25, 0.3) is 0 Å². The van der Waals surface area contributed by atoms with Crippen LogP contribution in [0.15, 0.2) is 11.6 Å². The molecule has 0 saturated heterocycles. The standard InChI is InChI=1S/C16H27NS/c1-3-5-6-7-15-13(4-2)8-9-14(15)12-16-17-10-11-18-16/h10-11,13-15H,3-9,12H2,1-2H3. The van der Waals surface area contributed by atoms with Crippen molar-refractivity contribution < 1.29 is 0 Å². The van der Waals surface area contributed by atoms with Gasteiger partial charge >= 0.3 is 0 Å². The number of aromatic nitrogens is 1. The van der Waals surface area contributed by atoms with Gasteiger partial charge in [-0.3, -0.25) is 0 Å². The van der Waals surface area contributed by atoms with Crippen LogP contribution < -0.4 is 0 Å². The van der Waals surface area contributed by atoms with Crippen molar-refractivity contribution in [1.82, 2.24) is 4.98 Å². The molecule has 1 saturated carbocycles. The maximum absolute atomic E-state index is 4.48. The van der Waals surface area contributed by atoms with Crippen LogP contribution in [0.2, 0.25) is 0 Å². The molecule has 1 aliphatic rings. The summed E-state index contributed by atoms with van der Waals surface area (Å²) in [7, 11) is 0. The molecule has 0 aliphatic heterocycles. The average molecular weight is 265 g/mol. The molecule has 0 amide bonds. The highest BCUT2D eigenvalue weighted by Crippen LogP contribution is 2.43. The first-order valence-corrected chi connectivity index (χ1v) is 8.61. The third-order valence-corrected chi connectivity index (χ3v) is 5.51. The number of hydrogen-bond donors (Lipinski definition) is 0. The fraction of sp³-hybridized carbons (Fsp3) is 0.812. The molecule has 3 atom stereocenters. The number of rotatable bonds is 7. The minimum atomic E-state index is 0.915. The monoisotopic (exact) mass is 265 g/mol. The first kappa shape index (κ1) is 14.0. The van der Waals surface area contributed by atoms with Crippen LogP contribution in [0.5, 0.6) is 0 Å². The summed E-state index contributed by atoms with van der Waals surface area (Å²) in [5.41, 5.74) is 0. The maximum atomic E-state index is 4.48. The van der Waals surface area contributed by atoms with Crippen molar-refractivity contribution in [3.63, 3.8) is 0 Å². The van der Waals surface area contributed by atoms with E-state index < -0.39 is 0 Å². The molecular weight excluding hydrogens is 238 g/mol. The smallest absolute Gasteiger partial charge is 0.0927 e. The predicted octanol–water partition coefficient (Wildman–Crippen LogP) is 5.32. The van der Waals surface area contributed by atoms with Gasteiger partial charge in [0, 0.05) is 18.0 Å². The van der Waals surface area contributed by atoms with E-state index in [0.29, 0.717) is 0 Å². The average Bonchev–Trinajstić information content (AvgIpc) is 3.01. The van der Waals surface area contributed by atoms with E-state index in [9.17, 15) is 0 Å². The Morgan fingerprint density at radius 3 is 2.72 bits per heavy atom. The second-order valence-corrected chi connectivity index (χ2v) is 6.77. The fourth-order valence-corrected chi connectivity index (χ4v) is 4.39. The van der Waals surface area contributed by atoms with E-state index in [1.54, 1.807) is 0 Å². The van der Waals surface area contributed by atoms with Crippen LogP contribution in [0.1, 0.15) is 63.8 Å². The lowest BCUT2D eigenvalue weighted by Gasteiger charge is -2.24. The lowest BCUT2D eigenvalue weighted by Crippen LogP contribution is -2.16. The summed E-state index contributed by atoms with van der Waals surface area (Å²) in [6.45, 7) is 4.68. The van der Waals surface area contributed by atoms with E-state index in [4.69, 9.17) is 0 Å². The Morgan fingerprint density at radius 1 is 1.22 bits per heavy atom. The molecule has 2 rings (SSSR count). The molecule has 1 aliphatic carbocycles.